The van der Waals surface area contributed by atoms with Crippen molar-refractivity contribution in [1.82, 2.24) is 5.32 Å². The Hall–Kier alpha value is -2.31. The van der Waals surface area contributed by atoms with E-state index in [1.165, 1.54) is 21.6 Å². The van der Waals surface area contributed by atoms with Crippen molar-refractivity contribution in [2.75, 3.05) is 13.2 Å². The second-order valence-electron chi connectivity index (χ2n) is 22.5. The summed E-state index contributed by atoms with van der Waals surface area (Å²) in [5, 5.41) is 66.7. The summed E-state index contributed by atoms with van der Waals surface area (Å²) in [6.45, 7) is 10.3. The van der Waals surface area contributed by atoms with Crippen LogP contribution in [0, 0.1) is 79.3 Å². The Kier molecular flexibility index (Phi) is 9.56. The Bertz CT molecular complexity index is 2110. The summed E-state index contributed by atoms with van der Waals surface area (Å²) in [4.78, 5) is 16.1. The molecule has 0 saturated heterocycles. The molecule has 2 unspecified atom stereocenters. The van der Waals surface area contributed by atoms with Crippen molar-refractivity contribution in [3.05, 3.63) is 45.8 Å². The molecule has 7 nitrogen and oxygen atoms in total. The van der Waals surface area contributed by atoms with Gasteiger partial charge < -0.3 is 30.8 Å². The number of benzene rings is 1. The summed E-state index contributed by atoms with van der Waals surface area (Å²) in [6, 6.07) is 6.65. The van der Waals surface area contributed by atoms with Gasteiger partial charge in [0.2, 0.25) is 0 Å². The first-order valence-corrected chi connectivity index (χ1v) is 23.8. The standard InChI is InChI=1S/C52H71NO6/c1-5-23-53-29-34-12-10-11-32-24-33-14-20-50-21-15-40-48(4,44(59)30-54)41(56)16-22-51(40,36(33)25-35(32)34)45(50)39(55)26-37-38-27-46(2)17-7-6-13-42(57)52(38,43(58)28-47(37,50)3)49(31-46)18-8-9-19-49/h10-12,24-26,33,36,38,40-45,53-54,56-59H,5,7-9,14-23,27-31H2,1-4H3/t33-,36+,38?,40?,41-,42+,43-,44+,45-,46+,47+,48-,50+,51+,52+/m0/s1. The van der Waals surface area contributed by atoms with Crippen molar-refractivity contribution >= 4 is 17.9 Å². The van der Waals surface area contributed by atoms with Crippen LogP contribution in [0.4, 0.5) is 0 Å². The summed E-state index contributed by atoms with van der Waals surface area (Å²) in [5.74, 6) is 6.34. The van der Waals surface area contributed by atoms with Gasteiger partial charge in [-0.2, -0.15) is 0 Å². The molecule has 59 heavy (non-hydrogen) atoms. The van der Waals surface area contributed by atoms with Crippen LogP contribution in [0.2, 0.25) is 0 Å². The number of aliphatic hydroxyl groups excluding tert-OH is 5. The first-order chi connectivity index (χ1) is 28.2. The van der Waals surface area contributed by atoms with Gasteiger partial charge in [0.15, 0.2) is 5.78 Å². The van der Waals surface area contributed by atoms with E-state index in [2.05, 4.69) is 74.4 Å². The van der Waals surface area contributed by atoms with Gasteiger partial charge in [-0.05, 0) is 163 Å². The second kappa shape index (κ2) is 13.8. The molecule has 10 aliphatic carbocycles. The van der Waals surface area contributed by atoms with Crippen molar-refractivity contribution in [2.45, 2.75) is 161 Å². The second-order valence-corrected chi connectivity index (χ2v) is 22.5. The highest BCUT2D eigenvalue weighted by molar-refractivity contribution is 5.96. The van der Waals surface area contributed by atoms with Gasteiger partial charge in [-0.1, -0.05) is 82.4 Å². The molecule has 10 aliphatic rings. The number of hydrogen-bond donors (Lipinski definition) is 6. The van der Waals surface area contributed by atoms with Crippen LogP contribution >= 0.6 is 0 Å². The lowest BCUT2D eigenvalue weighted by atomic mass is 9.29. The van der Waals surface area contributed by atoms with E-state index in [0.717, 1.165) is 96.6 Å². The van der Waals surface area contributed by atoms with E-state index in [9.17, 15) is 25.5 Å². The maximum Gasteiger partial charge on any atom is 0.159 e. The minimum Gasteiger partial charge on any atom is -0.394 e. The number of hydrogen-bond acceptors (Lipinski definition) is 7. The highest BCUT2D eigenvalue weighted by Crippen LogP contribution is 2.82. The van der Waals surface area contributed by atoms with Gasteiger partial charge in [-0.15, -0.1) is 5.92 Å². The highest BCUT2D eigenvalue weighted by Gasteiger charge is 2.79. The van der Waals surface area contributed by atoms with Crippen LogP contribution in [-0.2, 0) is 11.3 Å². The molecule has 0 aliphatic heterocycles. The van der Waals surface area contributed by atoms with Crippen LogP contribution < -0.4 is 15.8 Å². The Balaban J connectivity index is 1.21. The number of aliphatic hydroxyl groups is 5. The monoisotopic (exact) mass is 806 g/mol. The predicted molar refractivity (Wildman–Crippen MR) is 229 cm³/mol. The van der Waals surface area contributed by atoms with Crippen LogP contribution in [0.1, 0.15) is 136 Å². The molecule has 320 valence electrons. The van der Waals surface area contributed by atoms with Gasteiger partial charge in [0.25, 0.3) is 0 Å². The smallest absolute Gasteiger partial charge is 0.159 e. The van der Waals surface area contributed by atoms with E-state index in [-0.39, 0.29) is 46.2 Å². The van der Waals surface area contributed by atoms with Crippen molar-refractivity contribution in [1.29, 1.82) is 0 Å². The number of allylic oxidation sites excluding steroid dienone is 2. The van der Waals surface area contributed by atoms with Gasteiger partial charge >= 0.3 is 0 Å². The molecule has 11 rings (SSSR count). The van der Waals surface area contributed by atoms with Crippen LogP contribution in [0.15, 0.2) is 29.8 Å². The van der Waals surface area contributed by atoms with Gasteiger partial charge in [0.1, 0.15) is 6.10 Å². The summed E-state index contributed by atoms with van der Waals surface area (Å²) >= 11 is 0. The van der Waals surface area contributed by atoms with Gasteiger partial charge in [0.05, 0.1) is 24.9 Å². The maximum atomic E-state index is 16.1. The molecule has 0 heterocycles. The molecule has 0 radical (unpaired) electrons. The van der Waals surface area contributed by atoms with E-state index in [4.69, 9.17) is 0 Å². The molecular formula is C52H71NO6. The lowest BCUT2D eigenvalue weighted by Gasteiger charge is -2.75. The van der Waals surface area contributed by atoms with Gasteiger partial charge in [-0.3, -0.25) is 4.79 Å². The lowest BCUT2D eigenvalue weighted by Crippen LogP contribution is -2.74. The first kappa shape index (κ1) is 40.7. The van der Waals surface area contributed by atoms with Crippen molar-refractivity contribution in [3.8, 4) is 11.8 Å². The molecule has 6 saturated carbocycles. The third-order valence-corrected chi connectivity index (χ3v) is 20.5. The van der Waals surface area contributed by atoms with Gasteiger partial charge in [-0.25, -0.2) is 0 Å². The fraction of sp³-hybridized carbons (Fsp3) is 0.750. The first-order valence-electron chi connectivity index (χ1n) is 23.8. The summed E-state index contributed by atoms with van der Waals surface area (Å²) < 4.78 is 0. The van der Waals surface area contributed by atoms with E-state index in [1.807, 2.05) is 6.92 Å². The fourth-order valence-corrected chi connectivity index (χ4v) is 18.2. The molecule has 15 atom stereocenters. The van der Waals surface area contributed by atoms with Crippen molar-refractivity contribution in [2.24, 2.45) is 67.5 Å². The summed E-state index contributed by atoms with van der Waals surface area (Å²) in [6.07, 6.45) is 17.2. The van der Waals surface area contributed by atoms with E-state index >= 15 is 4.79 Å². The molecular weight excluding hydrogens is 735 g/mol. The van der Waals surface area contributed by atoms with Crippen molar-refractivity contribution < 1.29 is 30.3 Å². The Labute approximate surface area is 352 Å². The van der Waals surface area contributed by atoms with Crippen LogP contribution in [-0.4, -0.2) is 68.9 Å². The molecule has 6 fully saturated rings. The van der Waals surface area contributed by atoms with Crippen LogP contribution in [0.5, 0.6) is 0 Å². The molecule has 4 bridgehead atoms. The molecule has 6 N–H and O–H groups in total. The number of ketones is 1. The lowest BCUT2D eigenvalue weighted by molar-refractivity contribution is -0.266. The van der Waals surface area contributed by atoms with E-state index in [1.54, 1.807) is 0 Å². The summed E-state index contributed by atoms with van der Waals surface area (Å²) in [7, 11) is 0. The largest absolute Gasteiger partial charge is 0.394 e. The Morgan fingerprint density at radius 3 is 2.47 bits per heavy atom. The number of nitrogens with one attached hydrogen (secondary N) is 1. The molecule has 1 aromatic carbocycles. The SMILES string of the molecule is CCCNCc1cccc2c1=C[C@@H]1[C@H](C=2)CC[C@@]23CCC4[C@](C)([C@H](O)CO)[C@@H](O)CC[C@]41[C@H]2C(=O)C=C1C2C[C@@]4(C)CCC#C[C@@H](O)[C@]2([C@@H](O)C[C@]13C)C1(CCCC1)C4. The quantitative estimate of drug-likeness (QED) is 0.161. The number of rotatable bonds is 6. The fourth-order valence-electron chi connectivity index (χ4n) is 18.2. The molecule has 7 heteroatoms. The van der Waals surface area contributed by atoms with Crippen LogP contribution in [0.3, 0.4) is 0 Å². The highest BCUT2D eigenvalue weighted by atomic mass is 16.3. The number of carbonyl (C=O) groups is 1. The normalized spacial score (nSPS) is 47.9. The van der Waals surface area contributed by atoms with Crippen LogP contribution in [0.25, 0.3) is 12.2 Å². The third kappa shape index (κ3) is 5.08. The Morgan fingerprint density at radius 2 is 1.71 bits per heavy atom. The van der Waals surface area contributed by atoms with E-state index in [0.29, 0.717) is 19.3 Å². The predicted octanol–water partition coefficient (Wildman–Crippen LogP) is 5.70. The molecule has 3 spiro atoms. The van der Waals surface area contributed by atoms with Gasteiger partial charge in [0, 0.05) is 29.7 Å². The molecule has 0 amide bonds. The minimum atomic E-state index is -1.13. The average molecular weight is 806 g/mol. The average Bonchev–Trinajstić information content (AvgIpc) is 3.68. The van der Waals surface area contributed by atoms with E-state index < -0.39 is 58.1 Å². The zero-order chi connectivity index (χ0) is 41.4. The molecule has 1 aromatic rings. The third-order valence-electron chi connectivity index (χ3n) is 20.5. The maximum absolute atomic E-state index is 16.1. The zero-order valence-electron chi connectivity index (χ0n) is 36.2. The number of fused-ring (bicyclic) bond motifs is 6. The topological polar surface area (TPSA) is 130 Å². The Morgan fingerprint density at radius 1 is 0.932 bits per heavy atom. The summed E-state index contributed by atoms with van der Waals surface area (Å²) in [5.41, 5.74) is -1.18. The minimum absolute atomic E-state index is 0.00161. The number of carbonyl (C=O) groups excluding carboxylic acids is 1. The zero-order valence-corrected chi connectivity index (χ0v) is 36.2. The molecule has 0 aromatic heterocycles. The van der Waals surface area contributed by atoms with Crippen molar-refractivity contribution in [3.63, 3.8) is 0 Å².